The highest BCUT2D eigenvalue weighted by Gasteiger charge is 2.41. The van der Waals surface area contributed by atoms with Crippen LogP contribution in [0.3, 0.4) is 0 Å². The van der Waals surface area contributed by atoms with Gasteiger partial charge in [0.2, 0.25) is 0 Å². The number of aromatic hydroxyl groups is 1. The summed E-state index contributed by atoms with van der Waals surface area (Å²) in [7, 11) is 0. The second kappa shape index (κ2) is 5.38. The van der Waals surface area contributed by atoms with Gasteiger partial charge < -0.3 is 15.5 Å². The molecule has 1 aliphatic carbocycles. The molecule has 0 heterocycles. The average Bonchev–Trinajstić information content (AvgIpc) is 3.04. The summed E-state index contributed by atoms with van der Waals surface area (Å²) in [6, 6.07) is 5.45. The quantitative estimate of drug-likeness (QED) is 0.756. The van der Waals surface area contributed by atoms with Crippen LogP contribution in [0, 0.1) is 5.41 Å². The molecule has 94 valence electrons. The molecule has 1 aliphatic rings. The summed E-state index contributed by atoms with van der Waals surface area (Å²) >= 11 is 3.39. The second-order valence-electron chi connectivity index (χ2n) is 4.85. The van der Waals surface area contributed by atoms with Gasteiger partial charge in [-0.05, 0) is 42.9 Å². The lowest BCUT2D eigenvalue weighted by atomic mass is 10.0. The van der Waals surface area contributed by atoms with E-state index in [-0.39, 0.29) is 6.61 Å². The van der Waals surface area contributed by atoms with E-state index in [1.807, 2.05) is 12.1 Å². The molecule has 0 bridgehead atoms. The Morgan fingerprint density at radius 2 is 2.12 bits per heavy atom. The van der Waals surface area contributed by atoms with Gasteiger partial charge in [-0.25, -0.2) is 0 Å². The minimum absolute atomic E-state index is 0.268. The van der Waals surface area contributed by atoms with E-state index >= 15 is 0 Å². The van der Waals surface area contributed by atoms with Crippen LogP contribution in [-0.2, 0) is 6.54 Å². The van der Waals surface area contributed by atoms with Gasteiger partial charge >= 0.3 is 0 Å². The predicted molar refractivity (Wildman–Crippen MR) is 70.9 cm³/mol. The summed E-state index contributed by atoms with van der Waals surface area (Å²) in [6.07, 6.45) is 3.28. The SMILES string of the molecule is OCCC1(CNCc2cc(Br)ccc2O)CC1. The third-order valence-electron chi connectivity index (χ3n) is 3.46. The fourth-order valence-corrected chi connectivity index (χ4v) is 2.50. The zero-order valence-corrected chi connectivity index (χ0v) is 11.3. The van der Waals surface area contributed by atoms with Crippen molar-refractivity contribution in [3.05, 3.63) is 28.2 Å². The van der Waals surface area contributed by atoms with Gasteiger partial charge in [0, 0.05) is 29.7 Å². The van der Waals surface area contributed by atoms with Crippen molar-refractivity contribution in [2.45, 2.75) is 25.8 Å². The van der Waals surface area contributed by atoms with Gasteiger partial charge in [-0.2, -0.15) is 0 Å². The summed E-state index contributed by atoms with van der Waals surface area (Å²) in [6.45, 7) is 1.85. The van der Waals surface area contributed by atoms with E-state index in [0.29, 0.717) is 17.7 Å². The molecular weight excluding hydrogens is 282 g/mol. The Labute approximate surface area is 110 Å². The highest BCUT2D eigenvalue weighted by molar-refractivity contribution is 9.10. The molecule has 1 saturated carbocycles. The van der Waals surface area contributed by atoms with Crippen LogP contribution < -0.4 is 5.32 Å². The van der Waals surface area contributed by atoms with E-state index in [9.17, 15) is 5.11 Å². The van der Waals surface area contributed by atoms with E-state index in [1.54, 1.807) is 6.07 Å². The lowest BCUT2D eigenvalue weighted by Gasteiger charge is -2.15. The van der Waals surface area contributed by atoms with Gasteiger partial charge in [-0.1, -0.05) is 15.9 Å². The number of halogens is 1. The molecule has 3 N–H and O–H groups in total. The zero-order chi connectivity index (χ0) is 12.3. The lowest BCUT2D eigenvalue weighted by Crippen LogP contribution is -2.24. The van der Waals surface area contributed by atoms with Crippen LogP contribution in [0.4, 0.5) is 0 Å². The molecule has 2 rings (SSSR count). The summed E-state index contributed by atoms with van der Waals surface area (Å²) in [5.74, 6) is 0.327. The first kappa shape index (κ1) is 12.9. The van der Waals surface area contributed by atoms with E-state index < -0.39 is 0 Å². The molecule has 0 aromatic heterocycles. The number of phenols is 1. The Morgan fingerprint density at radius 3 is 2.76 bits per heavy atom. The van der Waals surface area contributed by atoms with Crippen LogP contribution in [-0.4, -0.2) is 23.4 Å². The number of hydrogen-bond donors (Lipinski definition) is 3. The van der Waals surface area contributed by atoms with E-state index in [2.05, 4.69) is 21.2 Å². The standard InChI is InChI=1S/C13H18BrNO2/c14-11-1-2-12(17)10(7-11)8-15-9-13(3-4-13)5-6-16/h1-2,7,15-17H,3-6,8-9H2. The third-order valence-corrected chi connectivity index (χ3v) is 3.95. The molecule has 1 aromatic rings. The van der Waals surface area contributed by atoms with Gasteiger partial charge in [-0.15, -0.1) is 0 Å². The van der Waals surface area contributed by atoms with Crippen molar-refractivity contribution in [2.24, 2.45) is 5.41 Å². The molecule has 0 amide bonds. The third kappa shape index (κ3) is 3.44. The number of benzene rings is 1. The summed E-state index contributed by atoms with van der Waals surface area (Å²) in [5, 5.41) is 22.0. The molecule has 0 aliphatic heterocycles. The van der Waals surface area contributed by atoms with Crippen LogP contribution in [0.5, 0.6) is 5.75 Å². The maximum Gasteiger partial charge on any atom is 0.120 e. The lowest BCUT2D eigenvalue weighted by molar-refractivity contribution is 0.245. The van der Waals surface area contributed by atoms with Crippen LogP contribution in [0.15, 0.2) is 22.7 Å². The highest BCUT2D eigenvalue weighted by atomic mass is 79.9. The smallest absolute Gasteiger partial charge is 0.120 e. The largest absolute Gasteiger partial charge is 0.508 e. The van der Waals surface area contributed by atoms with Gasteiger partial charge in [0.05, 0.1) is 0 Å². The molecule has 0 radical (unpaired) electrons. The molecule has 1 fully saturated rings. The van der Waals surface area contributed by atoms with Crippen molar-refractivity contribution in [2.75, 3.05) is 13.2 Å². The fraction of sp³-hybridized carbons (Fsp3) is 0.538. The Balaban J connectivity index is 1.84. The molecule has 0 atom stereocenters. The van der Waals surface area contributed by atoms with Gasteiger partial charge in [0.25, 0.3) is 0 Å². The zero-order valence-electron chi connectivity index (χ0n) is 9.75. The normalized spacial score (nSPS) is 17.1. The van der Waals surface area contributed by atoms with Crippen molar-refractivity contribution >= 4 is 15.9 Å². The van der Waals surface area contributed by atoms with Crippen LogP contribution in [0.2, 0.25) is 0 Å². The second-order valence-corrected chi connectivity index (χ2v) is 5.77. The van der Waals surface area contributed by atoms with Crippen LogP contribution >= 0.6 is 15.9 Å². The van der Waals surface area contributed by atoms with Crippen LogP contribution in [0.1, 0.15) is 24.8 Å². The molecule has 0 spiro atoms. The topological polar surface area (TPSA) is 52.5 Å². The number of nitrogens with one attached hydrogen (secondary N) is 1. The number of aliphatic hydroxyl groups excluding tert-OH is 1. The van der Waals surface area contributed by atoms with Crippen molar-refractivity contribution < 1.29 is 10.2 Å². The maximum atomic E-state index is 9.68. The fourth-order valence-electron chi connectivity index (χ4n) is 2.09. The molecular formula is C13H18BrNO2. The van der Waals surface area contributed by atoms with Crippen molar-refractivity contribution in [1.29, 1.82) is 0 Å². The number of aliphatic hydroxyl groups is 1. The first-order chi connectivity index (χ1) is 8.15. The predicted octanol–water partition coefficient (Wildman–Crippen LogP) is 2.41. The number of phenolic OH excluding ortho intramolecular Hbond substituents is 1. The van der Waals surface area contributed by atoms with Crippen molar-refractivity contribution in [3.63, 3.8) is 0 Å². The summed E-state index contributed by atoms with van der Waals surface area (Å²) in [4.78, 5) is 0. The molecule has 0 saturated heterocycles. The monoisotopic (exact) mass is 299 g/mol. The first-order valence-electron chi connectivity index (χ1n) is 5.94. The van der Waals surface area contributed by atoms with E-state index in [0.717, 1.165) is 23.0 Å². The summed E-state index contributed by atoms with van der Waals surface area (Å²) in [5.41, 5.74) is 1.22. The number of rotatable bonds is 6. The van der Waals surface area contributed by atoms with Gasteiger partial charge in [0.1, 0.15) is 5.75 Å². The molecule has 1 aromatic carbocycles. The maximum absolute atomic E-state index is 9.68. The highest BCUT2D eigenvalue weighted by Crippen LogP contribution is 2.47. The summed E-state index contributed by atoms with van der Waals surface area (Å²) < 4.78 is 0.976. The van der Waals surface area contributed by atoms with Crippen molar-refractivity contribution in [3.8, 4) is 5.75 Å². The van der Waals surface area contributed by atoms with E-state index in [1.165, 1.54) is 12.8 Å². The first-order valence-corrected chi connectivity index (χ1v) is 6.73. The molecule has 17 heavy (non-hydrogen) atoms. The molecule has 0 unspecified atom stereocenters. The Bertz CT molecular complexity index is 391. The Hall–Kier alpha value is -0.580. The minimum atomic E-state index is 0.268. The van der Waals surface area contributed by atoms with Crippen molar-refractivity contribution in [1.82, 2.24) is 5.32 Å². The Kier molecular flexibility index (Phi) is 4.07. The molecule has 3 nitrogen and oxygen atoms in total. The number of hydrogen-bond acceptors (Lipinski definition) is 3. The molecule has 4 heteroatoms. The minimum Gasteiger partial charge on any atom is -0.508 e. The van der Waals surface area contributed by atoms with Gasteiger partial charge in [-0.3, -0.25) is 0 Å². The van der Waals surface area contributed by atoms with Gasteiger partial charge in [0.15, 0.2) is 0 Å². The van der Waals surface area contributed by atoms with Crippen LogP contribution in [0.25, 0.3) is 0 Å². The van der Waals surface area contributed by atoms with E-state index in [4.69, 9.17) is 5.11 Å². The average molecular weight is 300 g/mol. The Morgan fingerprint density at radius 1 is 1.35 bits per heavy atom.